The van der Waals surface area contributed by atoms with Crippen molar-refractivity contribution in [2.24, 2.45) is 5.92 Å². The Morgan fingerprint density at radius 2 is 1.87 bits per heavy atom. The number of allylic oxidation sites excluding steroid dienone is 1. The van der Waals surface area contributed by atoms with E-state index < -0.39 is 10.0 Å². The predicted octanol–water partition coefficient (Wildman–Crippen LogP) is 4.23. The molecule has 7 heteroatoms. The molecular weight excluding hydrogens is 400 g/mol. The summed E-state index contributed by atoms with van der Waals surface area (Å²) in [6.45, 7) is 2.19. The summed E-state index contributed by atoms with van der Waals surface area (Å²) in [4.78, 5) is 17.3. The number of pyridine rings is 1. The highest BCUT2D eigenvalue weighted by molar-refractivity contribution is 7.89. The Balaban J connectivity index is 1.62. The van der Waals surface area contributed by atoms with Gasteiger partial charge >= 0.3 is 0 Å². The maximum Gasteiger partial charge on any atom is 0.265 e. The van der Waals surface area contributed by atoms with E-state index >= 15 is 0 Å². The monoisotopic (exact) mass is 420 g/mol. The lowest BCUT2D eigenvalue weighted by atomic mass is 10.1. The Bertz CT molecular complexity index is 1260. The van der Waals surface area contributed by atoms with Crippen LogP contribution >= 0.6 is 0 Å². The SMILES string of the molecule is CC1CC1c1ccc(/C=C2\C(=O)c3ccccc3S(=O)(=O)N2Cc2ccncc2)o1. The molecule has 2 atom stereocenters. The minimum Gasteiger partial charge on any atom is -0.461 e. The van der Waals surface area contributed by atoms with Gasteiger partial charge in [-0.25, -0.2) is 8.42 Å². The second kappa shape index (κ2) is 6.95. The number of rotatable bonds is 4. The number of hydrogen-bond donors (Lipinski definition) is 0. The number of sulfonamides is 1. The van der Waals surface area contributed by atoms with Gasteiger partial charge in [-0.1, -0.05) is 19.1 Å². The molecule has 30 heavy (non-hydrogen) atoms. The topological polar surface area (TPSA) is 80.5 Å². The fraction of sp³-hybridized carbons (Fsp3) is 0.217. The number of aromatic nitrogens is 1. The van der Waals surface area contributed by atoms with Crippen LogP contribution in [0.3, 0.4) is 0 Å². The molecule has 0 radical (unpaired) electrons. The molecule has 1 fully saturated rings. The van der Waals surface area contributed by atoms with Gasteiger partial charge in [0.15, 0.2) is 0 Å². The smallest absolute Gasteiger partial charge is 0.265 e. The third-order valence-corrected chi connectivity index (χ3v) is 7.50. The van der Waals surface area contributed by atoms with E-state index in [4.69, 9.17) is 4.42 Å². The first-order chi connectivity index (χ1) is 14.4. The van der Waals surface area contributed by atoms with Crippen molar-refractivity contribution in [3.05, 3.63) is 89.3 Å². The van der Waals surface area contributed by atoms with Gasteiger partial charge in [0.25, 0.3) is 10.0 Å². The van der Waals surface area contributed by atoms with E-state index in [1.165, 1.54) is 12.1 Å². The molecule has 0 N–H and O–H groups in total. The van der Waals surface area contributed by atoms with Gasteiger partial charge in [0.05, 0.1) is 11.4 Å². The van der Waals surface area contributed by atoms with E-state index in [0.29, 0.717) is 17.6 Å². The minimum atomic E-state index is -3.91. The fourth-order valence-electron chi connectivity index (χ4n) is 3.84. The predicted molar refractivity (Wildman–Crippen MR) is 111 cm³/mol. The molecule has 2 aliphatic rings. The summed E-state index contributed by atoms with van der Waals surface area (Å²) in [7, 11) is -3.91. The van der Waals surface area contributed by atoms with Crippen LogP contribution in [0.4, 0.5) is 0 Å². The second-order valence-electron chi connectivity index (χ2n) is 7.78. The number of hydrogen-bond acceptors (Lipinski definition) is 5. The third-order valence-electron chi connectivity index (χ3n) is 5.68. The highest BCUT2D eigenvalue weighted by atomic mass is 32.2. The summed E-state index contributed by atoms with van der Waals surface area (Å²) < 4.78 is 33.9. The molecule has 0 spiro atoms. The molecule has 1 aliphatic carbocycles. The summed E-state index contributed by atoms with van der Waals surface area (Å²) in [6.07, 6.45) is 5.81. The first-order valence-electron chi connectivity index (χ1n) is 9.82. The largest absolute Gasteiger partial charge is 0.461 e. The van der Waals surface area contributed by atoms with Crippen LogP contribution in [0.2, 0.25) is 0 Å². The standard InChI is InChI=1S/C23H20N2O4S/c1-15-12-19(15)21-7-6-17(29-21)13-20-23(26)18-4-2-3-5-22(18)30(27,28)25(20)14-16-8-10-24-11-9-16/h2-11,13,15,19H,12,14H2,1H3/b20-13+. The van der Waals surface area contributed by atoms with Crippen molar-refractivity contribution in [1.29, 1.82) is 0 Å². The van der Waals surface area contributed by atoms with Crippen molar-refractivity contribution in [3.63, 3.8) is 0 Å². The fourth-order valence-corrected chi connectivity index (χ4v) is 5.48. The zero-order valence-corrected chi connectivity index (χ0v) is 17.2. The van der Waals surface area contributed by atoms with Crippen molar-refractivity contribution < 1.29 is 17.6 Å². The van der Waals surface area contributed by atoms with Gasteiger partial charge in [-0.2, -0.15) is 0 Å². The molecule has 1 aromatic carbocycles. The molecule has 0 bridgehead atoms. The van der Waals surface area contributed by atoms with Gasteiger partial charge in [-0.15, -0.1) is 0 Å². The lowest BCUT2D eigenvalue weighted by Crippen LogP contribution is -2.38. The van der Waals surface area contributed by atoms with Crippen LogP contribution in [0.5, 0.6) is 0 Å². The molecule has 0 saturated heterocycles. The van der Waals surface area contributed by atoms with Gasteiger partial charge in [0.2, 0.25) is 5.78 Å². The summed E-state index contributed by atoms with van der Waals surface area (Å²) in [6, 6.07) is 13.5. The Morgan fingerprint density at radius 1 is 1.13 bits per heavy atom. The van der Waals surface area contributed by atoms with Crippen molar-refractivity contribution in [1.82, 2.24) is 9.29 Å². The van der Waals surface area contributed by atoms with Gasteiger partial charge < -0.3 is 4.42 Å². The van der Waals surface area contributed by atoms with E-state index in [-0.39, 0.29) is 28.5 Å². The third kappa shape index (κ3) is 3.15. The Labute approximate surface area is 174 Å². The van der Waals surface area contributed by atoms with E-state index in [9.17, 15) is 13.2 Å². The molecule has 2 aromatic heterocycles. The average molecular weight is 420 g/mol. The van der Waals surface area contributed by atoms with Crippen molar-refractivity contribution >= 4 is 21.9 Å². The zero-order valence-electron chi connectivity index (χ0n) is 16.4. The summed E-state index contributed by atoms with van der Waals surface area (Å²) in [5.74, 6) is 2.00. The zero-order chi connectivity index (χ0) is 20.9. The maximum atomic E-state index is 13.4. The van der Waals surface area contributed by atoms with Crippen molar-refractivity contribution in [2.45, 2.75) is 30.7 Å². The van der Waals surface area contributed by atoms with Crippen LogP contribution in [0.1, 0.15) is 46.7 Å². The first kappa shape index (κ1) is 18.8. The average Bonchev–Trinajstić information content (AvgIpc) is 3.30. The maximum absolute atomic E-state index is 13.4. The number of ketones is 1. The molecular formula is C23H20N2O4S. The number of carbonyl (C=O) groups is 1. The van der Waals surface area contributed by atoms with Gasteiger partial charge in [0.1, 0.15) is 17.2 Å². The number of nitrogens with zero attached hydrogens (tertiary/aromatic N) is 2. The van der Waals surface area contributed by atoms with E-state index in [1.807, 2.05) is 6.07 Å². The molecule has 3 heterocycles. The van der Waals surface area contributed by atoms with Crippen LogP contribution in [0.15, 0.2) is 75.9 Å². The lowest BCUT2D eigenvalue weighted by molar-refractivity contribution is 0.100. The summed E-state index contributed by atoms with van der Waals surface area (Å²) in [5, 5.41) is 0. The number of furan rings is 1. The van der Waals surface area contributed by atoms with Gasteiger partial charge in [0, 0.05) is 30.0 Å². The molecule has 0 amide bonds. The summed E-state index contributed by atoms with van der Waals surface area (Å²) >= 11 is 0. The highest BCUT2D eigenvalue weighted by Crippen LogP contribution is 2.47. The number of fused-ring (bicyclic) bond motifs is 1. The summed E-state index contributed by atoms with van der Waals surface area (Å²) in [5.41, 5.74) is 0.992. The Hall–Kier alpha value is -3.19. The number of benzene rings is 1. The molecule has 2 unspecified atom stereocenters. The van der Waals surface area contributed by atoms with Crippen LogP contribution in [0.25, 0.3) is 6.08 Å². The highest BCUT2D eigenvalue weighted by Gasteiger charge is 2.40. The van der Waals surface area contributed by atoms with Crippen LogP contribution in [-0.2, 0) is 16.6 Å². The van der Waals surface area contributed by atoms with E-state index in [2.05, 4.69) is 11.9 Å². The minimum absolute atomic E-state index is 0.0214. The van der Waals surface area contributed by atoms with E-state index in [0.717, 1.165) is 22.0 Å². The van der Waals surface area contributed by atoms with Gasteiger partial charge in [-0.3, -0.25) is 14.1 Å². The Morgan fingerprint density at radius 3 is 2.60 bits per heavy atom. The Kier molecular flexibility index (Phi) is 4.36. The molecule has 6 nitrogen and oxygen atoms in total. The van der Waals surface area contributed by atoms with Crippen molar-refractivity contribution in [3.8, 4) is 0 Å². The van der Waals surface area contributed by atoms with Crippen LogP contribution in [0, 0.1) is 5.92 Å². The number of carbonyl (C=O) groups excluding carboxylic acids is 1. The molecule has 1 saturated carbocycles. The van der Waals surface area contributed by atoms with Crippen LogP contribution < -0.4 is 0 Å². The second-order valence-corrected chi connectivity index (χ2v) is 9.61. The van der Waals surface area contributed by atoms with Crippen molar-refractivity contribution in [2.75, 3.05) is 0 Å². The van der Waals surface area contributed by atoms with Gasteiger partial charge in [-0.05, 0) is 54.3 Å². The molecule has 1 aliphatic heterocycles. The lowest BCUT2D eigenvalue weighted by Gasteiger charge is -2.31. The molecule has 152 valence electrons. The quantitative estimate of drug-likeness (QED) is 0.590. The normalized spacial score (nSPS) is 23.4. The first-order valence-corrected chi connectivity index (χ1v) is 11.3. The van der Waals surface area contributed by atoms with E-state index in [1.54, 1.807) is 48.8 Å². The van der Waals surface area contributed by atoms with Crippen LogP contribution in [-0.4, -0.2) is 23.5 Å². The molecule has 3 aromatic rings. The number of Topliss-reactive ketones (excluding diaryl/α,β-unsaturated/α-hetero) is 1. The molecule has 5 rings (SSSR count).